The molecule has 0 spiro atoms. The Labute approximate surface area is 182 Å². The van der Waals surface area contributed by atoms with E-state index >= 15 is 0 Å². The van der Waals surface area contributed by atoms with E-state index in [4.69, 9.17) is 9.47 Å². The smallest absolute Gasteiger partial charge is 0.329 e. The van der Waals surface area contributed by atoms with Crippen molar-refractivity contribution in [1.29, 1.82) is 0 Å². The molecule has 2 N–H and O–H groups in total. The van der Waals surface area contributed by atoms with Crippen molar-refractivity contribution in [3.63, 3.8) is 0 Å². The number of hydrogen-bond donors (Lipinski definition) is 2. The Morgan fingerprint density at radius 3 is 2.10 bits per heavy atom. The Kier molecular flexibility index (Phi) is 11.1. The van der Waals surface area contributed by atoms with E-state index < -0.39 is 35.8 Å². The highest BCUT2D eigenvalue weighted by Crippen LogP contribution is 2.22. The number of amides is 2. The molecule has 1 aromatic heterocycles. The summed E-state index contributed by atoms with van der Waals surface area (Å²) >= 11 is 3.91. The second-order valence-corrected chi connectivity index (χ2v) is 8.54. The molecular weight excluding hydrogens is 436 g/mol. The van der Waals surface area contributed by atoms with Crippen molar-refractivity contribution in [2.24, 2.45) is 0 Å². The van der Waals surface area contributed by atoms with Crippen LogP contribution in [-0.4, -0.2) is 73.6 Å². The summed E-state index contributed by atoms with van der Waals surface area (Å²) in [6, 6.07) is -1.56. The van der Waals surface area contributed by atoms with Gasteiger partial charge in [-0.1, -0.05) is 0 Å². The van der Waals surface area contributed by atoms with Gasteiger partial charge in [-0.15, -0.1) is 11.3 Å². The van der Waals surface area contributed by atoms with E-state index in [9.17, 15) is 19.2 Å². The van der Waals surface area contributed by atoms with Gasteiger partial charge in [0.25, 0.3) is 11.8 Å². The number of nitrogens with one attached hydrogen (secondary N) is 2. The molecule has 2 unspecified atom stereocenters. The molecule has 0 aromatic carbocycles. The van der Waals surface area contributed by atoms with Crippen molar-refractivity contribution in [1.82, 2.24) is 10.6 Å². The number of methoxy groups -OCH3 is 1. The fourth-order valence-electron chi connectivity index (χ4n) is 2.38. The van der Waals surface area contributed by atoms with Gasteiger partial charge < -0.3 is 20.1 Å². The summed E-state index contributed by atoms with van der Waals surface area (Å²) in [6.07, 6.45) is 3.64. The highest BCUT2D eigenvalue weighted by atomic mass is 32.2. The maximum Gasteiger partial charge on any atom is 0.329 e. The third kappa shape index (κ3) is 7.23. The number of ether oxygens (including phenoxy) is 2. The molecule has 8 nitrogen and oxygen atoms in total. The van der Waals surface area contributed by atoms with Crippen LogP contribution in [0, 0.1) is 6.92 Å². The molecule has 0 radical (unpaired) electrons. The Hall–Kier alpha value is -1.72. The molecule has 0 saturated heterocycles. The SMILES string of the molecule is CCOC(=O)C(CSC)NC(=O)c1csc(C(=O)NC(CSC)C(=O)OC)c1C. The lowest BCUT2D eigenvalue weighted by Gasteiger charge is -2.16. The molecule has 0 aliphatic heterocycles. The average molecular weight is 463 g/mol. The maximum atomic E-state index is 12.6. The Morgan fingerprint density at radius 1 is 1.03 bits per heavy atom. The fourth-order valence-corrected chi connectivity index (χ4v) is 4.46. The van der Waals surface area contributed by atoms with Crippen LogP contribution in [0.3, 0.4) is 0 Å². The van der Waals surface area contributed by atoms with Crippen LogP contribution in [-0.2, 0) is 19.1 Å². The Balaban J connectivity index is 2.94. The molecule has 0 bridgehead atoms. The van der Waals surface area contributed by atoms with Crippen LogP contribution in [0.15, 0.2) is 5.38 Å². The monoisotopic (exact) mass is 462 g/mol. The summed E-state index contributed by atoms with van der Waals surface area (Å²) in [6.45, 7) is 3.57. The number of carbonyl (C=O) groups is 4. The maximum absolute atomic E-state index is 12.6. The minimum atomic E-state index is -0.781. The van der Waals surface area contributed by atoms with Crippen LogP contribution in [0.2, 0.25) is 0 Å². The quantitative estimate of drug-likeness (QED) is 0.478. The number of thioether (sulfide) groups is 2. The van der Waals surface area contributed by atoms with Crippen LogP contribution < -0.4 is 10.6 Å². The first kappa shape index (κ1) is 25.3. The zero-order valence-electron chi connectivity index (χ0n) is 17.0. The first-order chi connectivity index (χ1) is 13.8. The Bertz CT molecular complexity index is 737. The van der Waals surface area contributed by atoms with Gasteiger partial charge in [0, 0.05) is 16.9 Å². The van der Waals surface area contributed by atoms with Crippen molar-refractivity contribution in [2.45, 2.75) is 25.9 Å². The predicted molar refractivity (Wildman–Crippen MR) is 117 cm³/mol. The minimum absolute atomic E-state index is 0.221. The molecule has 29 heavy (non-hydrogen) atoms. The largest absolute Gasteiger partial charge is 0.467 e. The molecule has 0 aliphatic carbocycles. The Morgan fingerprint density at radius 2 is 1.59 bits per heavy atom. The zero-order valence-corrected chi connectivity index (χ0v) is 19.5. The molecule has 162 valence electrons. The van der Waals surface area contributed by atoms with E-state index in [2.05, 4.69) is 10.6 Å². The highest BCUT2D eigenvalue weighted by molar-refractivity contribution is 7.98. The van der Waals surface area contributed by atoms with E-state index in [1.165, 1.54) is 30.6 Å². The summed E-state index contributed by atoms with van der Waals surface area (Å²) in [4.78, 5) is 49.4. The molecule has 11 heteroatoms. The van der Waals surface area contributed by atoms with Crippen LogP contribution in [0.5, 0.6) is 0 Å². The van der Waals surface area contributed by atoms with E-state index in [1.54, 1.807) is 19.2 Å². The van der Waals surface area contributed by atoms with Gasteiger partial charge in [0.15, 0.2) is 0 Å². The van der Waals surface area contributed by atoms with Crippen LogP contribution in [0.25, 0.3) is 0 Å². The van der Waals surface area contributed by atoms with Gasteiger partial charge in [-0.2, -0.15) is 23.5 Å². The zero-order chi connectivity index (χ0) is 22.0. The third-order valence-electron chi connectivity index (χ3n) is 3.82. The topological polar surface area (TPSA) is 111 Å². The fraction of sp³-hybridized carbons (Fsp3) is 0.556. The van der Waals surface area contributed by atoms with Gasteiger partial charge >= 0.3 is 11.9 Å². The molecule has 1 aromatic rings. The number of rotatable bonds is 11. The number of thiophene rings is 1. The summed E-state index contributed by atoms with van der Waals surface area (Å²) in [5, 5.41) is 6.86. The van der Waals surface area contributed by atoms with Gasteiger partial charge in [0.1, 0.15) is 12.1 Å². The van der Waals surface area contributed by atoms with Gasteiger partial charge in [-0.25, -0.2) is 9.59 Å². The van der Waals surface area contributed by atoms with Crippen molar-refractivity contribution >= 4 is 58.6 Å². The highest BCUT2D eigenvalue weighted by Gasteiger charge is 2.27. The van der Waals surface area contributed by atoms with E-state index in [0.29, 0.717) is 27.5 Å². The van der Waals surface area contributed by atoms with Crippen molar-refractivity contribution in [3.8, 4) is 0 Å². The molecule has 1 rings (SSSR count). The number of carbonyl (C=O) groups excluding carboxylic acids is 4. The number of esters is 2. The van der Waals surface area contributed by atoms with Crippen molar-refractivity contribution in [3.05, 3.63) is 21.4 Å². The van der Waals surface area contributed by atoms with Crippen molar-refractivity contribution in [2.75, 3.05) is 37.7 Å². The first-order valence-corrected chi connectivity index (χ1v) is 12.4. The average Bonchev–Trinajstić information content (AvgIpc) is 3.08. The minimum Gasteiger partial charge on any atom is -0.467 e. The molecule has 2 atom stereocenters. The lowest BCUT2D eigenvalue weighted by molar-refractivity contribution is -0.145. The second-order valence-electron chi connectivity index (χ2n) is 5.84. The third-order valence-corrected chi connectivity index (χ3v) is 6.24. The van der Waals surface area contributed by atoms with E-state index in [0.717, 1.165) is 11.3 Å². The van der Waals surface area contributed by atoms with Crippen LogP contribution in [0.4, 0.5) is 0 Å². The first-order valence-electron chi connectivity index (χ1n) is 8.72. The molecule has 0 fully saturated rings. The second kappa shape index (κ2) is 12.8. The molecule has 0 aliphatic rings. The van der Waals surface area contributed by atoms with Gasteiger partial charge in [0.05, 0.1) is 24.2 Å². The summed E-state index contributed by atoms with van der Waals surface area (Å²) < 4.78 is 9.70. The lowest BCUT2D eigenvalue weighted by Crippen LogP contribution is -2.44. The molecule has 0 saturated carbocycles. The van der Waals surface area contributed by atoms with Gasteiger partial charge in [-0.3, -0.25) is 9.59 Å². The molecule has 2 amide bonds. The van der Waals surface area contributed by atoms with Gasteiger partial charge in [0.2, 0.25) is 0 Å². The lowest BCUT2D eigenvalue weighted by atomic mass is 10.1. The summed E-state index contributed by atoms with van der Waals surface area (Å²) in [5.41, 5.74) is 0.777. The molecule has 1 heterocycles. The molecular formula is C18H26N2O6S3. The van der Waals surface area contributed by atoms with Crippen LogP contribution in [0.1, 0.15) is 32.5 Å². The number of hydrogen-bond acceptors (Lipinski definition) is 9. The van der Waals surface area contributed by atoms with Crippen LogP contribution >= 0.6 is 34.9 Å². The standard InChI is InChI=1S/C18H26N2O6S3/c1-6-26-18(24)13(9-28-5)19-15(21)11-7-29-14(10(11)2)16(22)20-12(8-27-4)17(23)25-3/h7,12-13H,6,8-9H2,1-5H3,(H,19,21)(H,20,22). The normalized spacial score (nSPS) is 12.6. The summed E-state index contributed by atoms with van der Waals surface area (Å²) in [5.74, 6) is -1.21. The van der Waals surface area contributed by atoms with E-state index in [-0.39, 0.29) is 6.61 Å². The predicted octanol–water partition coefficient (Wildman–Crippen LogP) is 1.72. The summed E-state index contributed by atoms with van der Waals surface area (Å²) in [7, 11) is 1.26. The van der Waals surface area contributed by atoms with Gasteiger partial charge in [-0.05, 0) is 31.9 Å². The van der Waals surface area contributed by atoms with E-state index in [1.807, 2.05) is 12.5 Å². The van der Waals surface area contributed by atoms with Crippen molar-refractivity contribution < 1.29 is 28.7 Å².